The van der Waals surface area contributed by atoms with Crippen LogP contribution in [0.2, 0.25) is 0 Å². The summed E-state index contributed by atoms with van der Waals surface area (Å²) in [5, 5.41) is 3.37. The Kier molecular flexibility index (Phi) is 4.29. The quantitative estimate of drug-likeness (QED) is 0.288. The summed E-state index contributed by atoms with van der Waals surface area (Å²) in [6.45, 7) is 4.43. The first-order valence-corrected chi connectivity index (χ1v) is 11.0. The van der Waals surface area contributed by atoms with Gasteiger partial charge in [0.2, 0.25) is 0 Å². The maximum absolute atomic E-state index is 6.35. The number of anilines is 2. The molecule has 0 unspecified atom stereocenters. The van der Waals surface area contributed by atoms with Gasteiger partial charge >= 0.3 is 0 Å². The lowest BCUT2D eigenvalue weighted by molar-refractivity contribution is 0.616. The number of fused-ring (bicyclic) bond motifs is 4. The standard InChI is InChI=1S/C29H23NO2/c1-19(2)30(22-8-4-3-5-9-22)23-17-25(20-12-13-26-21(16-20)14-15-31-26)29-24-10-6-7-11-27(24)32-28(29)18-23/h3-19H,1-2H3. The molecule has 3 heteroatoms. The second kappa shape index (κ2) is 7.31. The molecule has 6 aromatic rings. The van der Waals surface area contributed by atoms with E-state index in [4.69, 9.17) is 8.83 Å². The van der Waals surface area contributed by atoms with Crippen LogP contribution in [0.5, 0.6) is 0 Å². The average molecular weight is 418 g/mol. The highest BCUT2D eigenvalue weighted by molar-refractivity contribution is 6.14. The Morgan fingerprint density at radius 1 is 0.688 bits per heavy atom. The Labute approximate surface area is 186 Å². The molecular formula is C29H23NO2. The lowest BCUT2D eigenvalue weighted by Crippen LogP contribution is -2.25. The largest absolute Gasteiger partial charge is 0.464 e. The third-order valence-corrected chi connectivity index (χ3v) is 6.06. The summed E-state index contributed by atoms with van der Waals surface area (Å²) >= 11 is 0. The number of rotatable bonds is 4. The van der Waals surface area contributed by atoms with Crippen molar-refractivity contribution in [3.05, 3.63) is 97.3 Å². The van der Waals surface area contributed by atoms with Gasteiger partial charge in [0.25, 0.3) is 0 Å². The van der Waals surface area contributed by atoms with Gasteiger partial charge in [0.15, 0.2) is 0 Å². The van der Waals surface area contributed by atoms with E-state index >= 15 is 0 Å². The lowest BCUT2D eigenvalue weighted by Gasteiger charge is -2.29. The molecule has 0 amide bonds. The minimum atomic E-state index is 0.281. The molecule has 32 heavy (non-hydrogen) atoms. The Morgan fingerprint density at radius 3 is 2.34 bits per heavy atom. The summed E-state index contributed by atoms with van der Waals surface area (Å²) in [4.78, 5) is 2.35. The number of para-hydroxylation sites is 2. The van der Waals surface area contributed by atoms with Gasteiger partial charge in [-0.25, -0.2) is 0 Å². The molecule has 0 aliphatic rings. The van der Waals surface area contributed by atoms with Gasteiger partial charge in [-0.2, -0.15) is 0 Å². The third-order valence-electron chi connectivity index (χ3n) is 6.06. The molecule has 4 aromatic carbocycles. The molecule has 0 radical (unpaired) electrons. The second-order valence-corrected chi connectivity index (χ2v) is 8.44. The smallest absolute Gasteiger partial charge is 0.138 e. The van der Waals surface area contributed by atoms with E-state index in [0.717, 1.165) is 55.4 Å². The highest BCUT2D eigenvalue weighted by Gasteiger charge is 2.19. The van der Waals surface area contributed by atoms with Gasteiger partial charge in [-0.05, 0) is 67.4 Å². The number of hydrogen-bond acceptors (Lipinski definition) is 3. The fraction of sp³-hybridized carbons (Fsp3) is 0.103. The normalized spacial score (nSPS) is 11.7. The predicted molar refractivity (Wildman–Crippen MR) is 133 cm³/mol. The van der Waals surface area contributed by atoms with Crippen LogP contribution >= 0.6 is 0 Å². The van der Waals surface area contributed by atoms with Crippen LogP contribution in [0.1, 0.15) is 13.8 Å². The van der Waals surface area contributed by atoms with Crippen LogP contribution < -0.4 is 4.90 Å². The van der Waals surface area contributed by atoms with Crippen molar-refractivity contribution in [3.8, 4) is 11.1 Å². The first-order chi connectivity index (χ1) is 15.7. The minimum absolute atomic E-state index is 0.281. The van der Waals surface area contributed by atoms with Crippen LogP contribution in [0.3, 0.4) is 0 Å². The zero-order chi connectivity index (χ0) is 21.7. The molecule has 3 nitrogen and oxygen atoms in total. The van der Waals surface area contributed by atoms with E-state index in [1.165, 1.54) is 0 Å². The molecule has 0 aliphatic carbocycles. The van der Waals surface area contributed by atoms with Crippen molar-refractivity contribution >= 4 is 44.3 Å². The van der Waals surface area contributed by atoms with E-state index in [9.17, 15) is 0 Å². The van der Waals surface area contributed by atoms with Gasteiger partial charge in [-0.3, -0.25) is 0 Å². The molecular weight excluding hydrogens is 394 g/mol. The number of nitrogens with zero attached hydrogens (tertiary/aromatic N) is 1. The molecule has 156 valence electrons. The van der Waals surface area contributed by atoms with E-state index < -0.39 is 0 Å². The summed E-state index contributed by atoms with van der Waals surface area (Å²) in [6.07, 6.45) is 1.74. The minimum Gasteiger partial charge on any atom is -0.464 e. The van der Waals surface area contributed by atoms with Crippen LogP contribution in [-0.2, 0) is 0 Å². The molecule has 0 aliphatic heterocycles. The van der Waals surface area contributed by atoms with Crippen molar-refractivity contribution in [1.82, 2.24) is 0 Å². The SMILES string of the molecule is CC(C)N(c1ccccc1)c1cc(-c2ccc3occc3c2)c2c(c1)oc1ccccc12. The van der Waals surface area contributed by atoms with Crippen molar-refractivity contribution in [2.24, 2.45) is 0 Å². The van der Waals surface area contributed by atoms with Crippen molar-refractivity contribution in [3.63, 3.8) is 0 Å². The molecule has 0 bridgehead atoms. The fourth-order valence-corrected chi connectivity index (χ4v) is 4.67. The Balaban J connectivity index is 1.67. The molecule has 0 fully saturated rings. The molecule has 0 N–H and O–H groups in total. The van der Waals surface area contributed by atoms with Crippen LogP contribution in [0, 0.1) is 0 Å². The highest BCUT2D eigenvalue weighted by atomic mass is 16.3. The molecule has 0 spiro atoms. The predicted octanol–water partition coefficient (Wildman–Crippen LogP) is 8.55. The van der Waals surface area contributed by atoms with E-state index in [0.29, 0.717) is 0 Å². The van der Waals surface area contributed by atoms with Crippen molar-refractivity contribution < 1.29 is 8.83 Å². The maximum Gasteiger partial charge on any atom is 0.138 e. The first-order valence-electron chi connectivity index (χ1n) is 11.0. The zero-order valence-corrected chi connectivity index (χ0v) is 18.1. The topological polar surface area (TPSA) is 29.5 Å². The van der Waals surface area contributed by atoms with Crippen LogP contribution in [0.4, 0.5) is 11.4 Å². The van der Waals surface area contributed by atoms with Crippen molar-refractivity contribution in [1.29, 1.82) is 0 Å². The van der Waals surface area contributed by atoms with Crippen molar-refractivity contribution in [2.45, 2.75) is 19.9 Å². The molecule has 2 aromatic heterocycles. The van der Waals surface area contributed by atoms with E-state index in [1.807, 2.05) is 24.3 Å². The number of furan rings is 2. The summed E-state index contributed by atoms with van der Waals surface area (Å²) in [5.74, 6) is 0. The lowest BCUT2D eigenvalue weighted by atomic mass is 9.97. The Bertz CT molecular complexity index is 1560. The Morgan fingerprint density at radius 2 is 1.50 bits per heavy atom. The third kappa shape index (κ3) is 2.97. The highest BCUT2D eigenvalue weighted by Crippen LogP contribution is 2.42. The van der Waals surface area contributed by atoms with Gasteiger partial charge < -0.3 is 13.7 Å². The summed E-state index contributed by atoms with van der Waals surface area (Å²) in [5.41, 5.74) is 7.27. The summed E-state index contributed by atoms with van der Waals surface area (Å²) < 4.78 is 11.9. The zero-order valence-electron chi connectivity index (χ0n) is 18.1. The van der Waals surface area contributed by atoms with Crippen LogP contribution in [0.15, 0.2) is 106 Å². The fourth-order valence-electron chi connectivity index (χ4n) is 4.67. The first kappa shape index (κ1) is 18.8. The van der Waals surface area contributed by atoms with Gasteiger partial charge in [0.1, 0.15) is 16.7 Å². The molecule has 2 heterocycles. The van der Waals surface area contributed by atoms with E-state index in [1.54, 1.807) is 6.26 Å². The van der Waals surface area contributed by atoms with Crippen LogP contribution in [0.25, 0.3) is 44.0 Å². The van der Waals surface area contributed by atoms with Gasteiger partial charge in [-0.15, -0.1) is 0 Å². The second-order valence-electron chi connectivity index (χ2n) is 8.44. The van der Waals surface area contributed by atoms with E-state index in [2.05, 4.69) is 85.5 Å². The van der Waals surface area contributed by atoms with E-state index in [-0.39, 0.29) is 6.04 Å². The number of benzene rings is 4. The van der Waals surface area contributed by atoms with Crippen LogP contribution in [-0.4, -0.2) is 6.04 Å². The summed E-state index contributed by atoms with van der Waals surface area (Å²) in [7, 11) is 0. The van der Waals surface area contributed by atoms with Gasteiger partial charge in [0.05, 0.1) is 6.26 Å². The van der Waals surface area contributed by atoms with Gasteiger partial charge in [-0.1, -0.05) is 42.5 Å². The maximum atomic E-state index is 6.35. The average Bonchev–Trinajstić information content (AvgIpc) is 3.43. The summed E-state index contributed by atoms with van der Waals surface area (Å²) in [6, 6.07) is 31.9. The molecule has 0 saturated heterocycles. The molecule has 6 rings (SSSR count). The monoisotopic (exact) mass is 417 g/mol. The van der Waals surface area contributed by atoms with Gasteiger partial charge in [0, 0.05) is 39.6 Å². The molecule has 0 saturated carbocycles. The van der Waals surface area contributed by atoms with Crippen molar-refractivity contribution in [2.75, 3.05) is 4.90 Å². The molecule has 0 atom stereocenters. The number of hydrogen-bond donors (Lipinski definition) is 0. The Hall–Kier alpha value is -3.98.